The lowest BCUT2D eigenvalue weighted by atomic mass is 10.1. The molecule has 0 amide bonds. The van der Waals surface area contributed by atoms with Gasteiger partial charge < -0.3 is 15.4 Å². The molecule has 0 spiro atoms. The molecule has 1 aromatic rings. The van der Waals surface area contributed by atoms with Crippen LogP contribution in [-0.4, -0.2) is 31.1 Å². The van der Waals surface area contributed by atoms with E-state index < -0.39 is 0 Å². The van der Waals surface area contributed by atoms with E-state index in [1.807, 2.05) is 26.1 Å². The summed E-state index contributed by atoms with van der Waals surface area (Å²) in [6.45, 7) is 2.63. The normalized spacial score (nSPS) is 14.8. The average Bonchev–Trinajstić information content (AvgIpc) is 3.20. The molecule has 1 aromatic carbocycles. The van der Waals surface area contributed by atoms with E-state index in [4.69, 9.17) is 10.5 Å². The minimum atomic E-state index is 0. The third-order valence-corrected chi connectivity index (χ3v) is 3.35. The summed E-state index contributed by atoms with van der Waals surface area (Å²) in [6, 6.07) is 6.72. The van der Waals surface area contributed by atoms with E-state index in [1.165, 1.54) is 12.8 Å². The van der Waals surface area contributed by atoms with Crippen molar-refractivity contribution in [2.75, 3.05) is 14.2 Å². The Kier molecular flexibility index (Phi) is 5.90. The molecule has 1 fully saturated rings. The van der Waals surface area contributed by atoms with Crippen LogP contribution in [0.4, 0.5) is 0 Å². The van der Waals surface area contributed by atoms with Crippen molar-refractivity contribution >= 4 is 29.9 Å². The SMILES string of the molecule is COc1cc(CN=C(N)N(C)C2CC2)ccc1C.I. The fourth-order valence-electron chi connectivity index (χ4n) is 1.90. The van der Waals surface area contributed by atoms with Crippen LogP contribution in [0.1, 0.15) is 24.0 Å². The van der Waals surface area contributed by atoms with Crippen molar-refractivity contribution in [3.05, 3.63) is 29.3 Å². The topological polar surface area (TPSA) is 50.9 Å². The summed E-state index contributed by atoms with van der Waals surface area (Å²) in [5.74, 6) is 1.52. The lowest BCUT2D eigenvalue weighted by Crippen LogP contribution is -2.35. The number of aliphatic imine (C=N–C) groups is 1. The smallest absolute Gasteiger partial charge is 0.191 e. The third kappa shape index (κ3) is 4.26. The Bertz CT molecular complexity index is 458. The molecule has 0 radical (unpaired) electrons. The lowest BCUT2D eigenvalue weighted by molar-refractivity contribution is 0.411. The number of benzene rings is 1. The number of hydrogen-bond donors (Lipinski definition) is 1. The molecule has 2 rings (SSSR count). The van der Waals surface area contributed by atoms with Crippen LogP contribution in [0.5, 0.6) is 5.75 Å². The Morgan fingerprint density at radius 2 is 2.16 bits per heavy atom. The molecule has 106 valence electrons. The monoisotopic (exact) mass is 375 g/mol. The quantitative estimate of drug-likeness (QED) is 0.500. The largest absolute Gasteiger partial charge is 0.496 e. The van der Waals surface area contributed by atoms with Crippen LogP contribution in [0, 0.1) is 6.92 Å². The van der Waals surface area contributed by atoms with Gasteiger partial charge in [-0.15, -0.1) is 24.0 Å². The van der Waals surface area contributed by atoms with Gasteiger partial charge in [0.1, 0.15) is 5.75 Å². The molecule has 1 aliphatic carbocycles. The zero-order valence-electron chi connectivity index (χ0n) is 11.7. The van der Waals surface area contributed by atoms with Crippen LogP contribution in [0.2, 0.25) is 0 Å². The number of halogens is 1. The van der Waals surface area contributed by atoms with E-state index in [2.05, 4.69) is 16.0 Å². The molecule has 1 aliphatic rings. The van der Waals surface area contributed by atoms with Crippen molar-refractivity contribution < 1.29 is 4.74 Å². The van der Waals surface area contributed by atoms with E-state index in [-0.39, 0.29) is 24.0 Å². The molecule has 19 heavy (non-hydrogen) atoms. The highest BCUT2D eigenvalue weighted by Gasteiger charge is 2.27. The van der Waals surface area contributed by atoms with Gasteiger partial charge in [-0.25, -0.2) is 4.99 Å². The van der Waals surface area contributed by atoms with Crippen molar-refractivity contribution in [1.29, 1.82) is 0 Å². The minimum Gasteiger partial charge on any atom is -0.496 e. The molecule has 4 nitrogen and oxygen atoms in total. The Hall–Kier alpha value is -0.980. The van der Waals surface area contributed by atoms with Crippen LogP contribution < -0.4 is 10.5 Å². The Morgan fingerprint density at radius 3 is 2.74 bits per heavy atom. The summed E-state index contributed by atoms with van der Waals surface area (Å²) in [5, 5.41) is 0. The number of hydrogen-bond acceptors (Lipinski definition) is 2. The molecule has 5 heteroatoms. The van der Waals surface area contributed by atoms with Gasteiger partial charge in [0.2, 0.25) is 0 Å². The Labute approximate surface area is 132 Å². The highest BCUT2D eigenvalue weighted by Crippen LogP contribution is 2.25. The maximum absolute atomic E-state index is 5.95. The molecule has 0 aromatic heterocycles. The molecular formula is C14H22IN3O. The number of aryl methyl sites for hydroxylation is 1. The number of nitrogens with two attached hydrogens (primary N) is 1. The van der Waals surface area contributed by atoms with E-state index >= 15 is 0 Å². The Balaban J connectivity index is 0.00000180. The standard InChI is InChI=1S/C14H21N3O.HI/c1-10-4-5-11(8-13(10)18-3)9-16-14(15)17(2)12-6-7-12;/h4-5,8,12H,6-7,9H2,1-3H3,(H2,15,16);1H. The maximum atomic E-state index is 5.95. The van der Waals surface area contributed by atoms with Crippen molar-refractivity contribution in [2.24, 2.45) is 10.7 Å². The zero-order chi connectivity index (χ0) is 13.1. The molecule has 0 heterocycles. The van der Waals surface area contributed by atoms with E-state index in [0.29, 0.717) is 18.5 Å². The maximum Gasteiger partial charge on any atom is 0.191 e. The first-order valence-electron chi connectivity index (χ1n) is 6.28. The average molecular weight is 375 g/mol. The summed E-state index contributed by atoms with van der Waals surface area (Å²) < 4.78 is 5.30. The second kappa shape index (κ2) is 6.98. The first kappa shape index (κ1) is 16.1. The molecule has 0 saturated heterocycles. The van der Waals surface area contributed by atoms with E-state index in [1.54, 1.807) is 7.11 Å². The molecule has 0 aliphatic heterocycles. The minimum absolute atomic E-state index is 0. The van der Waals surface area contributed by atoms with E-state index in [9.17, 15) is 0 Å². The van der Waals surface area contributed by atoms with Gasteiger partial charge in [0.25, 0.3) is 0 Å². The fourth-order valence-corrected chi connectivity index (χ4v) is 1.90. The van der Waals surface area contributed by atoms with Crippen LogP contribution in [-0.2, 0) is 6.54 Å². The van der Waals surface area contributed by atoms with Crippen molar-refractivity contribution in [3.63, 3.8) is 0 Å². The van der Waals surface area contributed by atoms with Crippen molar-refractivity contribution in [1.82, 2.24) is 4.90 Å². The van der Waals surface area contributed by atoms with Gasteiger partial charge in [-0.2, -0.15) is 0 Å². The number of ether oxygens (including phenoxy) is 1. The zero-order valence-corrected chi connectivity index (χ0v) is 14.0. The first-order chi connectivity index (χ1) is 8.61. The van der Waals surface area contributed by atoms with Gasteiger partial charge in [0.15, 0.2) is 5.96 Å². The predicted octanol–water partition coefficient (Wildman–Crippen LogP) is 2.53. The second-order valence-electron chi connectivity index (χ2n) is 4.82. The van der Waals surface area contributed by atoms with Crippen LogP contribution in [0.3, 0.4) is 0 Å². The number of methoxy groups -OCH3 is 1. The van der Waals surface area contributed by atoms with Gasteiger partial charge in [-0.05, 0) is 37.0 Å². The molecule has 1 saturated carbocycles. The molecule has 0 atom stereocenters. The van der Waals surface area contributed by atoms with Crippen LogP contribution >= 0.6 is 24.0 Å². The van der Waals surface area contributed by atoms with Gasteiger partial charge in [-0.1, -0.05) is 12.1 Å². The van der Waals surface area contributed by atoms with Crippen molar-refractivity contribution in [3.8, 4) is 5.75 Å². The summed E-state index contributed by atoms with van der Waals surface area (Å²) in [5.41, 5.74) is 8.20. The first-order valence-corrected chi connectivity index (χ1v) is 6.28. The summed E-state index contributed by atoms with van der Waals surface area (Å²) in [4.78, 5) is 6.49. The van der Waals surface area contributed by atoms with Gasteiger partial charge in [-0.3, -0.25) is 0 Å². The number of nitrogens with zero attached hydrogens (tertiary/aromatic N) is 2. The van der Waals surface area contributed by atoms with Gasteiger partial charge in [0, 0.05) is 13.1 Å². The van der Waals surface area contributed by atoms with Crippen LogP contribution in [0.25, 0.3) is 0 Å². The van der Waals surface area contributed by atoms with Crippen LogP contribution in [0.15, 0.2) is 23.2 Å². The number of rotatable bonds is 4. The summed E-state index contributed by atoms with van der Waals surface area (Å²) >= 11 is 0. The second-order valence-corrected chi connectivity index (χ2v) is 4.82. The summed E-state index contributed by atoms with van der Waals surface area (Å²) in [6.07, 6.45) is 2.45. The molecule has 0 bridgehead atoms. The van der Waals surface area contributed by atoms with Gasteiger partial charge >= 0.3 is 0 Å². The predicted molar refractivity (Wildman–Crippen MR) is 89.3 cm³/mol. The van der Waals surface area contributed by atoms with E-state index in [0.717, 1.165) is 16.9 Å². The Morgan fingerprint density at radius 1 is 1.47 bits per heavy atom. The highest BCUT2D eigenvalue weighted by molar-refractivity contribution is 14.0. The molecule has 0 unspecified atom stereocenters. The summed E-state index contributed by atoms with van der Waals surface area (Å²) in [7, 11) is 3.69. The highest BCUT2D eigenvalue weighted by atomic mass is 127. The lowest BCUT2D eigenvalue weighted by Gasteiger charge is -2.16. The molecular weight excluding hydrogens is 353 g/mol. The van der Waals surface area contributed by atoms with Crippen molar-refractivity contribution in [2.45, 2.75) is 32.4 Å². The fraction of sp³-hybridized carbons (Fsp3) is 0.500. The van der Waals surface area contributed by atoms with Gasteiger partial charge in [0.05, 0.1) is 13.7 Å². The molecule has 2 N–H and O–H groups in total. The number of guanidine groups is 1. The third-order valence-electron chi connectivity index (χ3n) is 3.35.